The Morgan fingerprint density at radius 3 is 2.60 bits per heavy atom. The monoisotopic (exact) mass is 354 g/mol. The van der Waals surface area contributed by atoms with Crippen LogP contribution in [0, 0.1) is 12.8 Å². The molecule has 1 aliphatic carbocycles. The predicted octanol–water partition coefficient (Wildman–Crippen LogP) is 4.97. The number of Topliss-reactive ketones (excluding diaryl/α,β-unsaturated/α-hetero) is 1. The third-order valence-electron chi connectivity index (χ3n) is 4.47. The number of aryl methyl sites for hydroxylation is 1. The predicted molar refractivity (Wildman–Crippen MR) is 101 cm³/mol. The number of anilines is 1. The molecule has 0 radical (unpaired) electrons. The van der Waals surface area contributed by atoms with Crippen LogP contribution in [0.1, 0.15) is 35.7 Å². The van der Waals surface area contributed by atoms with E-state index in [4.69, 9.17) is 11.6 Å². The first-order chi connectivity index (χ1) is 12.0. The highest BCUT2D eigenvalue weighted by atomic mass is 35.5. The molecule has 0 heterocycles. The van der Waals surface area contributed by atoms with Crippen molar-refractivity contribution in [2.45, 2.75) is 26.7 Å². The molecular weight excluding hydrogens is 336 g/mol. The second kappa shape index (κ2) is 7.19. The number of nitrogens with zero attached hydrogens (tertiary/aromatic N) is 1. The van der Waals surface area contributed by atoms with Crippen LogP contribution in [0.15, 0.2) is 47.5 Å². The van der Waals surface area contributed by atoms with E-state index in [-0.39, 0.29) is 17.6 Å². The molecule has 1 amide bonds. The summed E-state index contributed by atoms with van der Waals surface area (Å²) in [5, 5.41) is 3.30. The standard InChI is InChI=1S/C20H19ClN2O2/c1-12-5-3-4-6-15(12)20(25)22-14-7-8-18(16(21)11-14)23-17-9-10-19(24)13(17)2/h3-8,11,13H,9-10H2,1-2H3,(H,22,25). The van der Waals surface area contributed by atoms with Gasteiger partial charge >= 0.3 is 0 Å². The van der Waals surface area contributed by atoms with Crippen molar-refractivity contribution >= 4 is 40.4 Å². The van der Waals surface area contributed by atoms with E-state index in [0.29, 0.717) is 34.8 Å². The first kappa shape index (κ1) is 17.4. The number of benzene rings is 2. The Balaban J connectivity index is 1.79. The maximum absolute atomic E-state index is 12.4. The fraction of sp³-hybridized carbons (Fsp3) is 0.250. The Kier molecular flexibility index (Phi) is 5.00. The smallest absolute Gasteiger partial charge is 0.255 e. The summed E-state index contributed by atoms with van der Waals surface area (Å²) >= 11 is 6.31. The summed E-state index contributed by atoms with van der Waals surface area (Å²) in [6.45, 7) is 3.77. The molecule has 1 N–H and O–H groups in total. The van der Waals surface area contributed by atoms with Crippen molar-refractivity contribution in [2.24, 2.45) is 10.9 Å². The van der Waals surface area contributed by atoms with Crippen LogP contribution in [-0.2, 0) is 4.79 Å². The molecule has 4 nitrogen and oxygen atoms in total. The number of nitrogens with one attached hydrogen (secondary N) is 1. The van der Waals surface area contributed by atoms with Crippen molar-refractivity contribution < 1.29 is 9.59 Å². The van der Waals surface area contributed by atoms with Gasteiger partial charge < -0.3 is 5.32 Å². The minimum atomic E-state index is -0.178. The number of aliphatic imine (C=N–C) groups is 1. The number of halogens is 1. The van der Waals surface area contributed by atoms with E-state index in [1.807, 2.05) is 32.0 Å². The molecule has 0 bridgehead atoms. The highest BCUT2D eigenvalue weighted by molar-refractivity contribution is 6.33. The highest BCUT2D eigenvalue weighted by Gasteiger charge is 2.26. The van der Waals surface area contributed by atoms with Gasteiger partial charge in [-0.15, -0.1) is 0 Å². The van der Waals surface area contributed by atoms with Gasteiger partial charge in [-0.25, -0.2) is 0 Å². The number of ketones is 1. The molecule has 128 valence electrons. The van der Waals surface area contributed by atoms with Gasteiger partial charge in [-0.3, -0.25) is 14.6 Å². The molecular formula is C20H19ClN2O2. The van der Waals surface area contributed by atoms with Crippen LogP contribution >= 0.6 is 11.6 Å². The molecule has 0 saturated heterocycles. The lowest BCUT2D eigenvalue weighted by Crippen LogP contribution is -2.13. The molecule has 0 aliphatic heterocycles. The molecule has 2 aromatic rings. The van der Waals surface area contributed by atoms with Gasteiger partial charge in [-0.1, -0.05) is 36.7 Å². The molecule has 25 heavy (non-hydrogen) atoms. The quantitative estimate of drug-likeness (QED) is 0.845. The zero-order chi connectivity index (χ0) is 18.0. The van der Waals surface area contributed by atoms with Gasteiger partial charge in [-0.05, 0) is 43.2 Å². The Bertz CT molecular complexity index is 874. The van der Waals surface area contributed by atoms with Gasteiger partial charge in [-0.2, -0.15) is 0 Å². The average Bonchev–Trinajstić information content (AvgIpc) is 2.89. The van der Waals surface area contributed by atoms with Crippen molar-refractivity contribution in [3.63, 3.8) is 0 Å². The molecule has 1 fully saturated rings. The molecule has 1 unspecified atom stereocenters. The molecule has 1 saturated carbocycles. The first-order valence-corrected chi connectivity index (χ1v) is 8.60. The minimum absolute atomic E-state index is 0.142. The summed E-state index contributed by atoms with van der Waals surface area (Å²) in [6.07, 6.45) is 1.23. The van der Waals surface area contributed by atoms with E-state index in [1.54, 1.807) is 24.3 Å². The Labute approximate surface area is 151 Å². The zero-order valence-electron chi connectivity index (χ0n) is 14.2. The summed E-state index contributed by atoms with van der Waals surface area (Å²) in [7, 11) is 0. The lowest BCUT2D eigenvalue weighted by Gasteiger charge is -2.09. The van der Waals surface area contributed by atoms with Crippen LogP contribution in [0.5, 0.6) is 0 Å². The SMILES string of the molecule is Cc1ccccc1C(=O)Nc1ccc(N=C2CCC(=O)C2C)c(Cl)c1. The van der Waals surface area contributed by atoms with Gasteiger partial charge in [0.05, 0.1) is 16.6 Å². The van der Waals surface area contributed by atoms with Crippen molar-refractivity contribution in [1.29, 1.82) is 0 Å². The van der Waals surface area contributed by atoms with Crippen LogP contribution in [0.25, 0.3) is 0 Å². The molecule has 2 aromatic carbocycles. The Hall–Kier alpha value is -2.46. The maximum atomic E-state index is 12.4. The van der Waals surface area contributed by atoms with E-state index in [0.717, 1.165) is 11.3 Å². The second-order valence-electron chi connectivity index (χ2n) is 6.23. The normalized spacial score (nSPS) is 18.6. The molecule has 0 aromatic heterocycles. The lowest BCUT2D eigenvalue weighted by atomic mass is 10.1. The zero-order valence-corrected chi connectivity index (χ0v) is 14.9. The first-order valence-electron chi connectivity index (χ1n) is 8.22. The third kappa shape index (κ3) is 3.80. The van der Waals surface area contributed by atoms with Gasteiger partial charge in [0.2, 0.25) is 0 Å². The molecule has 3 rings (SSSR count). The van der Waals surface area contributed by atoms with Crippen LogP contribution < -0.4 is 5.32 Å². The molecule has 0 spiro atoms. The molecule has 1 atom stereocenters. The second-order valence-corrected chi connectivity index (χ2v) is 6.63. The Morgan fingerprint density at radius 2 is 1.96 bits per heavy atom. The number of hydrogen-bond acceptors (Lipinski definition) is 3. The largest absolute Gasteiger partial charge is 0.322 e. The van der Waals surface area contributed by atoms with Gasteiger partial charge in [0.1, 0.15) is 5.78 Å². The van der Waals surface area contributed by atoms with Crippen molar-refractivity contribution in [2.75, 3.05) is 5.32 Å². The van der Waals surface area contributed by atoms with Crippen molar-refractivity contribution in [1.82, 2.24) is 0 Å². The Morgan fingerprint density at radius 1 is 1.20 bits per heavy atom. The van der Waals surface area contributed by atoms with Crippen LogP contribution in [0.4, 0.5) is 11.4 Å². The lowest BCUT2D eigenvalue weighted by molar-refractivity contribution is -0.119. The van der Waals surface area contributed by atoms with Gasteiger partial charge in [0.15, 0.2) is 0 Å². The van der Waals surface area contributed by atoms with Crippen molar-refractivity contribution in [3.05, 3.63) is 58.6 Å². The number of amides is 1. The fourth-order valence-electron chi connectivity index (χ4n) is 2.88. The van der Waals surface area contributed by atoms with E-state index < -0.39 is 0 Å². The summed E-state index contributed by atoms with van der Waals surface area (Å²) in [6, 6.07) is 12.6. The number of hydrogen-bond donors (Lipinski definition) is 1. The summed E-state index contributed by atoms with van der Waals surface area (Å²) in [5.74, 6) is -0.100. The summed E-state index contributed by atoms with van der Waals surface area (Å²) in [5.41, 5.74) is 3.63. The van der Waals surface area contributed by atoms with E-state index >= 15 is 0 Å². The van der Waals surface area contributed by atoms with Gasteiger partial charge in [0, 0.05) is 23.4 Å². The number of carbonyl (C=O) groups is 2. The van der Waals surface area contributed by atoms with E-state index in [9.17, 15) is 9.59 Å². The topological polar surface area (TPSA) is 58.5 Å². The van der Waals surface area contributed by atoms with Crippen molar-refractivity contribution in [3.8, 4) is 0 Å². The number of carbonyl (C=O) groups excluding carboxylic acids is 2. The maximum Gasteiger partial charge on any atom is 0.255 e. The third-order valence-corrected chi connectivity index (χ3v) is 4.77. The van der Waals surface area contributed by atoms with E-state index in [2.05, 4.69) is 10.3 Å². The molecule has 5 heteroatoms. The van der Waals surface area contributed by atoms with Gasteiger partial charge in [0.25, 0.3) is 5.91 Å². The fourth-order valence-corrected chi connectivity index (χ4v) is 3.10. The minimum Gasteiger partial charge on any atom is -0.322 e. The van der Waals surface area contributed by atoms with Crippen LogP contribution in [0.3, 0.4) is 0 Å². The molecule has 1 aliphatic rings. The number of rotatable bonds is 3. The van der Waals surface area contributed by atoms with E-state index in [1.165, 1.54) is 0 Å². The van der Waals surface area contributed by atoms with Crippen LogP contribution in [-0.4, -0.2) is 17.4 Å². The van der Waals surface area contributed by atoms with Crippen LogP contribution in [0.2, 0.25) is 5.02 Å². The summed E-state index contributed by atoms with van der Waals surface area (Å²) < 4.78 is 0. The highest BCUT2D eigenvalue weighted by Crippen LogP contribution is 2.31. The summed E-state index contributed by atoms with van der Waals surface area (Å²) in [4.78, 5) is 28.5. The average molecular weight is 355 g/mol.